The maximum atomic E-state index is 11.9. The van der Waals surface area contributed by atoms with Crippen LogP contribution >= 0.6 is 11.3 Å². The Bertz CT molecular complexity index is 475. The third-order valence-corrected chi connectivity index (χ3v) is 5.42. The molecule has 0 radical (unpaired) electrons. The Kier molecular flexibility index (Phi) is 3.94. The number of thiazole rings is 1. The minimum Gasteiger partial charge on any atom is -0.375 e. The summed E-state index contributed by atoms with van der Waals surface area (Å²) in [6.07, 6.45) is 5.43. The number of hydrogen-bond donors (Lipinski definition) is 2. The number of carbonyl (C=O) groups excluding carboxylic acids is 1. The van der Waals surface area contributed by atoms with Crippen molar-refractivity contribution in [3.05, 3.63) is 11.1 Å². The highest BCUT2D eigenvalue weighted by Crippen LogP contribution is 2.36. The van der Waals surface area contributed by atoms with Crippen molar-refractivity contribution in [1.29, 1.82) is 0 Å². The average molecular weight is 294 g/mol. The number of nitrogens with two attached hydrogens (primary N) is 1. The molecule has 2 fully saturated rings. The normalized spacial score (nSPS) is 29.6. The second-order valence-electron chi connectivity index (χ2n) is 6.05. The number of nitrogens with zero attached hydrogens (tertiary/aromatic N) is 2. The van der Waals surface area contributed by atoms with Gasteiger partial charge in [0.2, 0.25) is 5.91 Å². The predicted molar refractivity (Wildman–Crippen MR) is 80.5 cm³/mol. The molecular formula is C14H22N4OS. The summed E-state index contributed by atoms with van der Waals surface area (Å²) in [5.74, 6) is 0.690. The summed E-state index contributed by atoms with van der Waals surface area (Å²) in [5, 5.41) is 5.44. The summed E-state index contributed by atoms with van der Waals surface area (Å²) < 4.78 is 0. The van der Waals surface area contributed by atoms with Gasteiger partial charge in [0.15, 0.2) is 5.13 Å². The molecule has 2 aliphatic heterocycles. The van der Waals surface area contributed by atoms with Gasteiger partial charge in [-0.05, 0) is 38.6 Å². The number of nitrogens with one attached hydrogen (secondary N) is 1. The lowest BCUT2D eigenvalue weighted by Crippen LogP contribution is -2.43. The molecular weight excluding hydrogens is 272 g/mol. The number of carbonyl (C=O) groups is 1. The summed E-state index contributed by atoms with van der Waals surface area (Å²) in [4.78, 5) is 18.6. The van der Waals surface area contributed by atoms with Gasteiger partial charge in [0.05, 0.1) is 12.1 Å². The molecule has 0 aromatic carbocycles. The molecule has 2 atom stereocenters. The Morgan fingerprint density at radius 2 is 2.20 bits per heavy atom. The van der Waals surface area contributed by atoms with Gasteiger partial charge in [0, 0.05) is 24.0 Å². The highest BCUT2D eigenvalue weighted by molar-refractivity contribution is 7.13. The first kappa shape index (κ1) is 13.8. The van der Waals surface area contributed by atoms with Gasteiger partial charge in [-0.1, -0.05) is 0 Å². The van der Waals surface area contributed by atoms with Gasteiger partial charge in [-0.15, -0.1) is 11.3 Å². The lowest BCUT2D eigenvalue weighted by atomic mass is 9.91. The van der Waals surface area contributed by atoms with E-state index in [0.29, 0.717) is 17.5 Å². The van der Waals surface area contributed by atoms with Crippen LogP contribution in [0.3, 0.4) is 0 Å². The first-order chi connectivity index (χ1) is 9.61. The highest BCUT2D eigenvalue weighted by atomic mass is 32.1. The maximum Gasteiger partial charge on any atom is 0.226 e. The van der Waals surface area contributed by atoms with Crippen molar-refractivity contribution in [1.82, 2.24) is 15.2 Å². The van der Waals surface area contributed by atoms with Crippen molar-refractivity contribution in [2.45, 2.75) is 44.2 Å². The van der Waals surface area contributed by atoms with Gasteiger partial charge in [-0.25, -0.2) is 4.98 Å². The molecule has 0 saturated carbocycles. The van der Waals surface area contributed by atoms with Crippen LogP contribution in [0, 0.1) is 5.92 Å². The zero-order valence-corrected chi connectivity index (χ0v) is 12.7. The second-order valence-corrected chi connectivity index (χ2v) is 6.94. The van der Waals surface area contributed by atoms with Crippen LogP contribution in [-0.2, 0) is 11.2 Å². The minimum absolute atomic E-state index is 0.0570. The van der Waals surface area contributed by atoms with Crippen molar-refractivity contribution < 1.29 is 4.79 Å². The molecule has 6 heteroatoms. The maximum absolute atomic E-state index is 11.9. The highest BCUT2D eigenvalue weighted by Gasteiger charge is 2.38. The molecule has 2 saturated heterocycles. The zero-order valence-electron chi connectivity index (χ0n) is 11.8. The summed E-state index contributed by atoms with van der Waals surface area (Å²) in [6.45, 7) is 0.805. The molecule has 3 rings (SSSR count). The first-order valence-corrected chi connectivity index (χ1v) is 8.18. The first-order valence-electron chi connectivity index (χ1n) is 7.30. The van der Waals surface area contributed by atoms with Gasteiger partial charge in [0.1, 0.15) is 0 Å². The van der Waals surface area contributed by atoms with E-state index in [4.69, 9.17) is 5.73 Å². The molecule has 1 amide bonds. The van der Waals surface area contributed by atoms with E-state index in [1.807, 2.05) is 5.38 Å². The molecule has 3 N–H and O–H groups in total. The van der Waals surface area contributed by atoms with Crippen LogP contribution < -0.4 is 11.1 Å². The van der Waals surface area contributed by atoms with Gasteiger partial charge in [0.25, 0.3) is 0 Å². The molecule has 3 heterocycles. The molecule has 0 spiro atoms. The Hall–Kier alpha value is -1.14. The summed E-state index contributed by atoms with van der Waals surface area (Å²) >= 11 is 1.38. The van der Waals surface area contributed by atoms with Crippen LogP contribution in [0.15, 0.2) is 5.38 Å². The van der Waals surface area contributed by atoms with E-state index in [1.54, 1.807) is 0 Å². The van der Waals surface area contributed by atoms with E-state index in [1.165, 1.54) is 37.0 Å². The topological polar surface area (TPSA) is 71.2 Å². The van der Waals surface area contributed by atoms with E-state index in [9.17, 15) is 4.79 Å². The Labute approximate surface area is 123 Å². The fourth-order valence-electron chi connectivity index (χ4n) is 3.58. The molecule has 1 aromatic heterocycles. The Balaban J connectivity index is 1.44. The van der Waals surface area contributed by atoms with E-state index >= 15 is 0 Å². The van der Waals surface area contributed by atoms with E-state index in [0.717, 1.165) is 24.3 Å². The fourth-order valence-corrected chi connectivity index (χ4v) is 4.14. The van der Waals surface area contributed by atoms with Gasteiger partial charge in [-0.3, -0.25) is 4.79 Å². The lowest BCUT2D eigenvalue weighted by Gasteiger charge is -2.36. The van der Waals surface area contributed by atoms with Crippen LogP contribution in [0.25, 0.3) is 0 Å². The number of amides is 1. The lowest BCUT2D eigenvalue weighted by molar-refractivity contribution is -0.120. The molecule has 110 valence electrons. The van der Waals surface area contributed by atoms with Crippen molar-refractivity contribution in [2.75, 3.05) is 19.3 Å². The minimum atomic E-state index is 0.0570. The van der Waals surface area contributed by atoms with Crippen LogP contribution in [0.2, 0.25) is 0 Å². The van der Waals surface area contributed by atoms with Crippen molar-refractivity contribution in [3.8, 4) is 0 Å². The van der Waals surface area contributed by atoms with E-state index in [-0.39, 0.29) is 5.91 Å². The van der Waals surface area contributed by atoms with Crippen LogP contribution in [0.1, 0.15) is 31.4 Å². The van der Waals surface area contributed by atoms with Gasteiger partial charge < -0.3 is 16.0 Å². The molecule has 2 aliphatic rings. The van der Waals surface area contributed by atoms with E-state index in [2.05, 4.69) is 22.2 Å². The number of fused-ring (bicyclic) bond motifs is 2. The van der Waals surface area contributed by atoms with Gasteiger partial charge >= 0.3 is 0 Å². The predicted octanol–water partition coefficient (Wildman–Crippen LogP) is 1.26. The molecule has 1 aromatic rings. The molecule has 5 nitrogen and oxygen atoms in total. The number of anilines is 1. The largest absolute Gasteiger partial charge is 0.375 e. The van der Waals surface area contributed by atoms with Gasteiger partial charge in [-0.2, -0.15) is 0 Å². The average Bonchev–Trinajstić information content (AvgIpc) is 2.88. The molecule has 20 heavy (non-hydrogen) atoms. The molecule has 2 unspecified atom stereocenters. The summed E-state index contributed by atoms with van der Waals surface area (Å²) in [5.41, 5.74) is 6.34. The number of nitrogen functional groups attached to an aromatic ring is 1. The summed E-state index contributed by atoms with van der Waals surface area (Å²) in [7, 11) is 2.24. The van der Waals surface area contributed by atoms with Crippen LogP contribution in [-0.4, -0.2) is 41.5 Å². The zero-order chi connectivity index (χ0) is 14.1. The number of aromatic nitrogens is 1. The Morgan fingerprint density at radius 1 is 1.50 bits per heavy atom. The Morgan fingerprint density at radius 3 is 2.80 bits per heavy atom. The van der Waals surface area contributed by atoms with Crippen molar-refractivity contribution >= 4 is 22.4 Å². The van der Waals surface area contributed by atoms with Crippen molar-refractivity contribution in [3.63, 3.8) is 0 Å². The van der Waals surface area contributed by atoms with Crippen LogP contribution in [0.4, 0.5) is 5.13 Å². The molecule has 2 bridgehead atoms. The second kappa shape index (κ2) is 5.69. The van der Waals surface area contributed by atoms with Crippen molar-refractivity contribution in [2.24, 2.45) is 5.92 Å². The smallest absolute Gasteiger partial charge is 0.226 e. The standard InChI is InChI=1S/C14H22N4OS/c1-18-11-2-3-12(18)5-9(4-11)7-16-13(19)6-10-8-20-14(15)17-10/h8-9,11-12H,2-7H2,1H3,(H2,15,17)(H,16,19). The number of rotatable bonds is 4. The third kappa shape index (κ3) is 2.96. The number of hydrogen-bond acceptors (Lipinski definition) is 5. The molecule has 0 aliphatic carbocycles. The fraction of sp³-hybridized carbons (Fsp3) is 0.714. The quantitative estimate of drug-likeness (QED) is 0.877. The monoisotopic (exact) mass is 294 g/mol. The number of piperidine rings is 1. The van der Waals surface area contributed by atoms with E-state index < -0.39 is 0 Å². The SMILES string of the molecule is CN1C2CCC1CC(CNC(=O)Cc1csc(N)n1)C2. The third-order valence-electron chi connectivity index (χ3n) is 4.69. The van der Waals surface area contributed by atoms with Crippen LogP contribution in [0.5, 0.6) is 0 Å². The summed E-state index contributed by atoms with van der Waals surface area (Å²) in [6, 6.07) is 1.46.